The van der Waals surface area contributed by atoms with Crippen molar-refractivity contribution in [1.82, 2.24) is 10.2 Å². The van der Waals surface area contributed by atoms with Gasteiger partial charge < -0.3 is 15.0 Å². The topological polar surface area (TPSA) is 92.8 Å². The molecule has 1 heterocycles. The summed E-state index contributed by atoms with van der Waals surface area (Å²) in [7, 11) is -3.96. The number of hydrogen-bond donors (Lipinski definition) is 1. The van der Waals surface area contributed by atoms with Crippen molar-refractivity contribution >= 4 is 33.6 Å². The van der Waals surface area contributed by atoms with Crippen molar-refractivity contribution in [1.29, 1.82) is 0 Å². The van der Waals surface area contributed by atoms with Crippen LogP contribution in [0.1, 0.15) is 25.3 Å². The standard InChI is InChI=1S/C24H27F3N2O5S2/c1-2-34-22(30)15-28-23(31)29-12-10-17(11-13-29)16-35-21-14-19(8-9-20(21)24(25,26)27)36(32,33)18-6-4-3-5-7-18/h3-9,14,17H,2,10-13,15-16H2,1H3,(H,28,31). The maximum atomic E-state index is 13.6. The van der Waals surface area contributed by atoms with Crippen LogP contribution in [0.3, 0.4) is 0 Å². The maximum absolute atomic E-state index is 13.6. The van der Waals surface area contributed by atoms with Gasteiger partial charge in [-0.1, -0.05) is 18.2 Å². The van der Waals surface area contributed by atoms with Crippen LogP contribution in [-0.2, 0) is 25.5 Å². The van der Waals surface area contributed by atoms with E-state index in [0.29, 0.717) is 31.7 Å². The van der Waals surface area contributed by atoms with E-state index in [9.17, 15) is 31.2 Å². The summed E-state index contributed by atoms with van der Waals surface area (Å²) in [4.78, 5) is 24.8. The monoisotopic (exact) mass is 544 g/mol. The molecule has 2 aromatic carbocycles. The summed E-state index contributed by atoms with van der Waals surface area (Å²) in [5.41, 5.74) is -0.879. The molecule has 1 fully saturated rings. The Labute approximate surface area is 212 Å². The largest absolute Gasteiger partial charge is 0.465 e. The molecule has 1 N–H and O–H groups in total. The molecule has 0 saturated carbocycles. The van der Waals surface area contributed by atoms with Crippen molar-refractivity contribution in [3.05, 3.63) is 54.1 Å². The molecule has 1 saturated heterocycles. The van der Waals surface area contributed by atoms with Crippen LogP contribution in [0.25, 0.3) is 0 Å². The van der Waals surface area contributed by atoms with E-state index in [0.717, 1.165) is 30.0 Å². The highest BCUT2D eigenvalue weighted by atomic mass is 32.2. The number of amides is 2. The third-order valence-corrected chi connectivity index (χ3v) is 8.74. The fraction of sp³-hybridized carbons (Fsp3) is 0.417. The second kappa shape index (κ2) is 12.0. The highest BCUT2D eigenvalue weighted by Crippen LogP contribution is 2.40. The minimum absolute atomic E-state index is 0.00862. The second-order valence-electron chi connectivity index (χ2n) is 8.18. The van der Waals surface area contributed by atoms with Crippen LogP contribution in [0.5, 0.6) is 0 Å². The Kier molecular flexibility index (Phi) is 9.29. The molecule has 0 spiro atoms. The van der Waals surface area contributed by atoms with Gasteiger partial charge in [0.05, 0.1) is 22.0 Å². The Balaban J connectivity index is 1.65. The van der Waals surface area contributed by atoms with Gasteiger partial charge in [0.1, 0.15) is 6.54 Å². The number of urea groups is 1. The van der Waals surface area contributed by atoms with Gasteiger partial charge in [-0.05, 0) is 56.0 Å². The molecule has 0 atom stereocenters. The van der Waals surface area contributed by atoms with Crippen LogP contribution in [0.15, 0.2) is 63.2 Å². The second-order valence-corrected chi connectivity index (χ2v) is 11.2. The minimum Gasteiger partial charge on any atom is -0.465 e. The third-order valence-electron chi connectivity index (χ3n) is 5.69. The number of carbonyl (C=O) groups is 2. The molecule has 196 valence electrons. The summed E-state index contributed by atoms with van der Waals surface area (Å²) in [5, 5.41) is 2.49. The lowest BCUT2D eigenvalue weighted by Crippen LogP contribution is -2.46. The Morgan fingerprint density at radius 1 is 1.08 bits per heavy atom. The number of likely N-dealkylation sites (tertiary alicyclic amines) is 1. The molecule has 0 bridgehead atoms. The lowest BCUT2D eigenvalue weighted by atomic mass is 9.99. The SMILES string of the molecule is CCOC(=O)CNC(=O)N1CCC(CSc2cc(S(=O)(=O)c3ccccc3)ccc2C(F)(F)F)CC1. The van der Waals surface area contributed by atoms with E-state index < -0.39 is 33.6 Å². The van der Waals surface area contributed by atoms with Crippen molar-refractivity contribution in [3.8, 4) is 0 Å². The van der Waals surface area contributed by atoms with Crippen LogP contribution in [-0.4, -0.2) is 57.3 Å². The molecule has 0 aromatic heterocycles. The summed E-state index contributed by atoms with van der Waals surface area (Å²) >= 11 is 0.970. The molecule has 0 radical (unpaired) electrons. The molecule has 2 aromatic rings. The zero-order chi connectivity index (χ0) is 26.3. The molecular weight excluding hydrogens is 517 g/mol. The third kappa shape index (κ3) is 7.16. The predicted octanol–water partition coefficient (Wildman–Crippen LogP) is 4.62. The van der Waals surface area contributed by atoms with Crippen LogP contribution in [0, 0.1) is 5.92 Å². The molecule has 12 heteroatoms. The van der Waals surface area contributed by atoms with Crippen molar-refractivity contribution < 1.29 is 35.9 Å². The average Bonchev–Trinajstić information content (AvgIpc) is 2.86. The Hall–Kier alpha value is -2.73. The van der Waals surface area contributed by atoms with Gasteiger partial charge in [0.15, 0.2) is 0 Å². The van der Waals surface area contributed by atoms with Crippen molar-refractivity contribution in [2.45, 2.75) is 40.6 Å². The normalized spacial score (nSPS) is 14.9. The number of nitrogens with zero attached hydrogens (tertiary/aromatic N) is 1. The first-order chi connectivity index (χ1) is 17.0. The number of carbonyl (C=O) groups excluding carboxylic acids is 2. The number of alkyl halides is 3. The maximum Gasteiger partial charge on any atom is 0.417 e. The van der Waals surface area contributed by atoms with Gasteiger partial charge in [-0.2, -0.15) is 13.2 Å². The van der Waals surface area contributed by atoms with Crippen molar-refractivity contribution in [2.75, 3.05) is 32.0 Å². The number of nitrogens with one attached hydrogen (secondary N) is 1. The number of hydrogen-bond acceptors (Lipinski definition) is 6. The molecular formula is C24H27F3N2O5S2. The first kappa shape index (κ1) is 27.9. The highest BCUT2D eigenvalue weighted by Gasteiger charge is 2.35. The van der Waals surface area contributed by atoms with E-state index in [4.69, 9.17) is 4.74 Å². The van der Waals surface area contributed by atoms with E-state index in [1.165, 1.54) is 12.1 Å². The van der Waals surface area contributed by atoms with E-state index in [1.807, 2.05) is 0 Å². The number of sulfone groups is 1. The van der Waals surface area contributed by atoms with Gasteiger partial charge in [-0.15, -0.1) is 11.8 Å². The summed E-state index contributed by atoms with van der Waals surface area (Å²) < 4.78 is 71.5. The quantitative estimate of drug-likeness (QED) is 0.385. The zero-order valence-electron chi connectivity index (χ0n) is 19.6. The van der Waals surface area contributed by atoms with Crippen LogP contribution in [0.2, 0.25) is 0 Å². The van der Waals surface area contributed by atoms with E-state index in [1.54, 1.807) is 30.0 Å². The van der Waals surface area contributed by atoms with Gasteiger partial charge in [-0.25, -0.2) is 13.2 Å². The fourth-order valence-corrected chi connectivity index (χ4v) is 6.42. The van der Waals surface area contributed by atoms with E-state index in [2.05, 4.69) is 5.32 Å². The smallest absolute Gasteiger partial charge is 0.417 e. The summed E-state index contributed by atoms with van der Waals surface area (Å²) in [6.45, 7) is 2.45. The molecule has 1 aliphatic rings. The number of piperidine rings is 1. The Bertz CT molecular complexity index is 1170. The molecule has 0 unspecified atom stereocenters. The number of thioether (sulfide) groups is 1. The Morgan fingerprint density at radius 2 is 1.75 bits per heavy atom. The molecule has 2 amide bonds. The zero-order valence-corrected chi connectivity index (χ0v) is 21.2. The number of ether oxygens (including phenoxy) is 1. The Morgan fingerprint density at radius 3 is 2.36 bits per heavy atom. The lowest BCUT2D eigenvalue weighted by molar-refractivity contribution is -0.142. The predicted molar refractivity (Wildman–Crippen MR) is 128 cm³/mol. The average molecular weight is 545 g/mol. The summed E-state index contributed by atoms with van der Waals surface area (Å²) in [6, 6.07) is 10.1. The van der Waals surface area contributed by atoms with Gasteiger partial charge in [0.25, 0.3) is 0 Å². The van der Waals surface area contributed by atoms with Gasteiger partial charge >= 0.3 is 18.2 Å². The van der Waals surface area contributed by atoms with Gasteiger partial charge in [-0.3, -0.25) is 4.79 Å². The van der Waals surface area contributed by atoms with Crippen LogP contribution >= 0.6 is 11.8 Å². The minimum atomic E-state index is -4.63. The van der Waals surface area contributed by atoms with E-state index >= 15 is 0 Å². The summed E-state index contributed by atoms with van der Waals surface area (Å²) in [6.07, 6.45) is -3.48. The molecule has 7 nitrogen and oxygen atoms in total. The van der Waals surface area contributed by atoms with Crippen molar-refractivity contribution in [2.24, 2.45) is 5.92 Å². The van der Waals surface area contributed by atoms with E-state index in [-0.39, 0.29) is 33.8 Å². The molecule has 3 rings (SSSR count). The van der Waals surface area contributed by atoms with Gasteiger partial charge in [0.2, 0.25) is 9.84 Å². The number of esters is 1. The van der Waals surface area contributed by atoms with Gasteiger partial charge in [0, 0.05) is 23.7 Å². The number of benzene rings is 2. The number of rotatable bonds is 8. The molecule has 1 aliphatic heterocycles. The number of halogens is 3. The lowest BCUT2D eigenvalue weighted by Gasteiger charge is -2.32. The highest BCUT2D eigenvalue weighted by molar-refractivity contribution is 7.99. The van der Waals surface area contributed by atoms with Crippen LogP contribution in [0.4, 0.5) is 18.0 Å². The fourth-order valence-electron chi connectivity index (χ4n) is 3.74. The first-order valence-electron chi connectivity index (χ1n) is 11.3. The summed E-state index contributed by atoms with van der Waals surface area (Å²) in [5.74, 6) is -0.148. The van der Waals surface area contributed by atoms with Crippen LogP contribution < -0.4 is 5.32 Å². The van der Waals surface area contributed by atoms with Crippen molar-refractivity contribution in [3.63, 3.8) is 0 Å². The molecule has 0 aliphatic carbocycles. The molecule has 36 heavy (non-hydrogen) atoms. The first-order valence-corrected chi connectivity index (χ1v) is 13.8.